The Balaban J connectivity index is 3.97. The van der Waals surface area contributed by atoms with Gasteiger partial charge >= 0.3 is 0 Å². The first-order valence-corrected chi connectivity index (χ1v) is 4.93. The van der Waals surface area contributed by atoms with Gasteiger partial charge in [0.1, 0.15) is 0 Å². The maximum absolute atomic E-state index is 8.47. The Kier molecular flexibility index (Phi) is 6.47. The van der Waals surface area contributed by atoms with Crippen molar-refractivity contribution in [3.63, 3.8) is 0 Å². The van der Waals surface area contributed by atoms with Crippen LogP contribution in [-0.4, -0.2) is 32.8 Å². The molecule has 0 aromatic rings. The van der Waals surface area contributed by atoms with Crippen LogP contribution in [0.3, 0.4) is 0 Å². The lowest BCUT2D eigenvalue weighted by atomic mass is 9.97. The summed E-state index contributed by atoms with van der Waals surface area (Å²) in [6.07, 6.45) is 1.75. The van der Waals surface area contributed by atoms with Crippen LogP contribution >= 0.6 is 0 Å². The average molecular weight is 212 g/mol. The number of hydrogen-bond donors (Lipinski definition) is 2. The van der Waals surface area contributed by atoms with E-state index >= 15 is 0 Å². The van der Waals surface area contributed by atoms with E-state index in [4.69, 9.17) is 10.00 Å². The maximum Gasteiger partial charge on any atom is 0.209 e. The second-order valence-corrected chi connectivity index (χ2v) is 4.39. The molecule has 0 amide bonds. The fourth-order valence-electron chi connectivity index (χ4n) is 0.812. The largest absolute Gasteiger partial charge is 0.383 e. The standard InChI is InChI=1S/C10H20N4O/c1-10(2,3)7-13-9(14-8-11)12-5-6-15-4/h5-7H2,1-4H3,(H2,12,13,14). The second kappa shape index (κ2) is 7.07. The van der Waals surface area contributed by atoms with Gasteiger partial charge in [-0.15, -0.1) is 4.99 Å². The van der Waals surface area contributed by atoms with E-state index in [2.05, 4.69) is 36.4 Å². The molecule has 0 aromatic carbocycles. The van der Waals surface area contributed by atoms with E-state index in [0.717, 1.165) is 6.54 Å². The van der Waals surface area contributed by atoms with E-state index in [1.165, 1.54) is 0 Å². The normalized spacial score (nSPS) is 12.1. The van der Waals surface area contributed by atoms with Crippen molar-refractivity contribution in [3.05, 3.63) is 0 Å². The molecule has 5 nitrogen and oxygen atoms in total. The average Bonchev–Trinajstić information content (AvgIpc) is 2.13. The van der Waals surface area contributed by atoms with E-state index in [1.807, 2.05) is 0 Å². The highest BCUT2D eigenvalue weighted by Crippen LogP contribution is 2.09. The molecule has 0 rings (SSSR count). The summed E-state index contributed by atoms with van der Waals surface area (Å²) < 4.78 is 4.89. The van der Waals surface area contributed by atoms with Gasteiger partial charge < -0.3 is 15.4 Å². The molecule has 0 fully saturated rings. The molecule has 0 atom stereocenters. The van der Waals surface area contributed by atoms with Gasteiger partial charge in [-0.1, -0.05) is 20.8 Å². The molecule has 5 heteroatoms. The summed E-state index contributed by atoms with van der Waals surface area (Å²) in [7, 11) is 1.63. The molecule has 0 unspecified atom stereocenters. The lowest BCUT2D eigenvalue weighted by Crippen LogP contribution is -2.42. The third-order valence-electron chi connectivity index (χ3n) is 1.55. The first-order chi connectivity index (χ1) is 6.99. The zero-order valence-corrected chi connectivity index (χ0v) is 9.92. The van der Waals surface area contributed by atoms with Gasteiger partial charge in [-0.05, 0) is 5.41 Å². The van der Waals surface area contributed by atoms with Crippen LogP contribution in [0.2, 0.25) is 0 Å². The van der Waals surface area contributed by atoms with Gasteiger partial charge in [0.25, 0.3) is 0 Å². The van der Waals surface area contributed by atoms with E-state index < -0.39 is 0 Å². The van der Waals surface area contributed by atoms with Crippen LogP contribution in [-0.2, 0) is 4.74 Å². The van der Waals surface area contributed by atoms with Gasteiger partial charge in [0, 0.05) is 20.2 Å². The van der Waals surface area contributed by atoms with Crippen molar-refractivity contribution < 1.29 is 4.74 Å². The molecule has 0 saturated carbocycles. The SMILES string of the molecule is COCCN/C(=N\C#N)NCC(C)(C)C. The molecular weight excluding hydrogens is 192 g/mol. The number of hydrogen-bond acceptors (Lipinski definition) is 3. The number of nitrogens with zero attached hydrogens (tertiary/aromatic N) is 2. The summed E-state index contributed by atoms with van der Waals surface area (Å²) in [5.41, 5.74) is 0.152. The lowest BCUT2D eigenvalue weighted by molar-refractivity contribution is 0.203. The fraction of sp³-hybridized carbons (Fsp3) is 0.800. The van der Waals surface area contributed by atoms with Crippen molar-refractivity contribution in [1.82, 2.24) is 10.6 Å². The minimum absolute atomic E-state index is 0.152. The molecule has 0 saturated heterocycles. The Morgan fingerprint density at radius 3 is 2.53 bits per heavy atom. The van der Waals surface area contributed by atoms with Gasteiger partial charge in [0.15, 0.2) is 0 Å². The summed E-state index contributed by atoms with van der Waals surface area (Å²) in [6, 6.07) is 0. The quantitative estimate of drug-likeness (QED) is 0.311. The first-order valence-electron chi connectivity index (χ1n) is 4.93. The highest BCUT2D eigenvalue weighted by atomic mass is 16.5. The summed E-state index contributed by atoms with van der Waals surface area (Å²) in [5.74, 6) is 0.504. The van der Waals surface area contributed by atoms with Crippen LogP contribution in [0.15, 0.2) is 4.99 Å². The molecular formula is C10H20N4O. The van der Waals surface area contributed by atoms with Gasteiger partial charge in [-0.2, -0.15) is 5.26 Å². The van der Waals surface area contributed by atoms with Crippen LogP contribution in [0.1, 0.15) is 20.8 Å². The summed E-state index contributed by atoms with van der Waals surface area (Å²) in [6.45, 7) is 8.31. The molecule has 15 heavy (non-hydrogen) atoms. The molecule has 0 aliphatic rings. The molecule has 86 valence electrons. The molecule has 0 radical (unpaired) electrons. The molecule has 0 heterocycles. The molecule has 0 aromatic heterocycles. The summed E-state index contributed by atoms with van der Waals surface area (Å²) in [5, 5.41) is 14.5. The van der Waals surface area contributed by atoms with Gasteiger partial charge in [0.05, 0.1) is 6.61 Å². The molecule has 0 bridgehead atoms. The lowest BCUT2D eigenvalue weighted by Gasteiger charge is -2.20. The van der Waals surface area contributed by atoms with Crippen LogP contribution < -0.4 is 10.6 Å². The molecule has 2 N–H and O–H groups in total. The Morgan fingerprint density at radius 1 is 1.40 bits per heavy atom. The number of nitriles is 1. The highest BCUT2D eigenvalue weighted by molar-refractivity contribution is 5.80. The Hall–Kier alpha value is -1.28. The minimum Gasteiger partial charge on any atom is -0.383 e. The Labute approximate surface area is 91.5 Å². The number of aliphatic imine (C=N–C) groups is 1. The molecule has 0 aliphatic carbocycles. The summed E-state index contributed by atoms with van der Waals surface area (Å²) >= 11 is 0. The van der Waals surface area contributed by atoms with Crippen LogP contribution in [0.5, 0.6) is 0 Å². The van der Waals surface area contributed by atoms with Crippen molar-refractivity contribution >= 4 is 5.96 Å². The van der Waals surface area contributed by atoms with E-state index in [9.17, 15) is 0 Å². The van der Waals surface area contributed by atoms with Crippen LogP contribution in [0.25, 0.3) is 0 Å². The van der Waals surface area contributed by atoms with Crippen LogP contribution in [0, 0.1) is 16.9 Å². The third-order valence-corrected chi connectivity index (χ3v) is 1.55. The van der Waals surface area contributed by atoms with Crippen molar-refractivity contribution in [3.8, 4) is 6.19 Å². The first kappa shape index (κ1) is 13.7. The minimum atomic E-state index is 0.152. The number of methoxy groups -OCH3 is 1. The Bertz CT molecular complexity index is 237. The van der Waals surface area contributed by atoms with Crippen molar-refractivity contribution in [2.75, 3.05) is 26.8 Å². The van der Waals surface area contributed by atoms with Crippen molar-refractivity contribution in [2.45, 2.75) is 20.8 Å². The number of nitrogens with one attached hydrogen (secondary N) is 2. The predicted molar refractivity (Wildman–Crippen MR) is 60.4 cm³/mol. The molecule has 0 aliphatic heterocycles. The van der Waals surface area contributed by atoms with Gasteiger partial charge in [-0.3, -0.25) is 0 Å². The number of guanidine groups is 1. The molecule has 0 spiro atoms. The zero-order valence-electron chi connectivity index (χ0n) is 9.92. The monoisotopic (exact) mass is 212 g/mol. The number of rotatable bonds is 4. The van der Waals surface area contributed by atoms with E-state index in [1.54, 1.807) is 13.3 Å². The number of ether oxygens (including phenoxy) is 1. The van der Waals surface area contributed by atoms with Gasteiger partial charge in [0.2, 0.25) is 12.2 Å². The van der Waals surface area contributed by atoms with E-state index in [-0.39, 0.29) is 5.41 Å². The smallest absolute Gasteiger partial charge is 0.209 e. The van der Waals surface area contributed by atoms with Gasteiger partial charge in [-0.25, -0.2) is 0 Å². The summed E-state index contributed by atoms with van der Waals surface area (Å²) in [4.78, 5) is 3.64. The van der Waals surface area contributed by atoms with Crippen molar-refractivity contribution in [1.29, 1.82) is 5.26 Å². The topological polar surface area (TPSA) is 69.4 Å². The van der Waals surface area contributed by atoms with Crippen LogP contribution in [0.4, 0.5) is 0 Å². The second-order valence-electron chi connectivity index (χ2n) is 4.39. The predicted octanol–water partition coefficient (Wildman–Crippen LogP) is 0.695. The van der Waals surface area contributed by atoms with Crippen molar-refractivity contribution in [2.24, 2.45) is 10.4 Å². The zero-order chi connectivity index (χ0) is 11.7. The Morgan fingerprint density at radius 2 is 2.07 bits per heavy atom. The maximum atomic E-state index is 8.47. The third kappa shape index (κ3) is 9.03. The van der Waals surface area contributed by atoms with E-state index in [0.29, 0.717) is 19.1 Å². The highest BCUT2D eigenvalue weighted by Gasteiger charge is 2.10. The fourth-order valence-corrected chi connectivity index (χ4v) is 0.812.